The van der Waals surface area contributed by atoms with E-state index in [1.807, 2.05) is 0 Å². The van der Waals surface area contributed by atoms with Crippen molar-refractivity contribution in [1.29, 1.82) is 0 Å². The number of morpholine rings is 1. The molecule has 1 aliphatic heterocycles. The number of aromatic nitrogens is 1. The summed E-state index contributed by atoms with van der Waals surface area (Å²) in [7, 11) is 0. The molecule has 1 saturated heterocycles. The molecule has 2 rings (SSSR count). The van der Waals surface area contributed by atoms with Crippen LogP contribution in [0, 0.1) is 0 Å². The summed E-state index contributed by atoms with van der Waals surface area (Å²) < 4.78 is 5.33. The molecule has 1 fully saturated rings. The lowest BCUT2D eigenvalue weighted by Crippen LogP contribution is -2.47. The van der Waals surface area contributed by atoms with Crippen molar-refractivity contribution in [3.8, 4) is 0 Å². The fourth-order valence-electron chi connectivity index (χ4n) is 1.65. The fraction of sp³-hybridized carbons (Fsp3) is 0.700. The predicted molar refractivity (Wildman–Crippen MR) is 60.5 cm³/mol. The minimum atomic E-state index is 0.0645. The van der Waals surface area contributed by atoms with Gasteiger partial charge in [0.25, 0.3) is 0 Å². The number of nitrogens with zero attached hydrogens (tertiary/aromatic N) is 2. The van der Waals surface area contributed by atoms with Crippen LogP contribution < -0.4 is 4.90 Å². The monoisotopic (exact) mass is 228 g/mol. The molecule has 0 saturated carbocycles. The molecule has 4 nitrogen and oxygen atoms in total. The third kappa shape index (κ3) is 2.30. The quantitative estimate of drug-likeness (QED) is 0.835. The Morgan fingerprint density at radius 3 is 3.27 bits per heavy atom. The van der Waals surface area contributed by atoms with Crippen LogP contribution in [0.4, 0.5) is 5.13 Å². The number of aryl methyl sites for hydroxylation is 1. The van der Waals surface area contributed by atoms with Crippen LogP contribution in [0.5, 0.6) is 0 Å². The van der Waals surface area contributed by atoms with Gasteiger partial charge in [-0.3, -0.25) is 0 Å². The summed E-state index contributed by atoms with van der Waals surface area (Å²) in [6, 6.07) is 0.0645. The molecule has 5 heteroatoms. The van der Waals surface area contributed by atoms with Gasteiger partial charge in [0.15, 0.2) is 5.13 Å². The zero-order chi connectivity index (χ0) is 10.7. The third-order valence-electron chi connectivity index (χ3n) is 2.59. The van der Waals surface area contributed by atoms with E-state index < -0.39 is 0 Å². The van der Waals surface area contributed by atoms with Gasteiger partial charge in [0.2, 0.25) is 0 Å². The zero-order valence-electron chi connectivity index (χ0n) is 8.85. The SMILES string of the molecule is CCc1csc(N2CCOCC2CO)n1. The summed E-state index contributed by atoms with van der Waals surface area (Å²) in [5.41, 5.74) is 1.12. The van der Waals surface area contributed by atoms with Gasteiger partial charge in [-0.2, -0.15) is 0 Å². The molecule has 0 amide bonds. The number of aliphatic hydroxyl groups excluding tert-OH is 1. The van der Waals surface area contributed by atoms with E-state index in [1.165, 1.54) is 0 Å². The van der Waals surface area contributed by atoms with Crippen molar-refractivity contribution in [1.82, 2.24) is 4.98 Å². The maximum absolute atomic E-state index is 9.24. The highest BCUT2D eigenvalue weighted by atomic mass is 32.1. The van der Waals surface area contributed by atoms with Gasteiger partial charge in [-0.15, -0.1) is 11.3 Å². The molecule has 0 aliphatic carbocycles. The maximum atomic E-state index is 9.24. The Hall–Kier alpha value is -0.650. The minimum Gasteiger partial charge on any atom is -0.394 e. The van der Waals surface area contributed by atoms with E-state index in [-0.39, 0.29) is 12.6 Å². The van der Waals surface area contributed by atoms with Crippen molar-refractivity contribution in [3.05, 3.63) is 11.1 Å². The van der Waals surface area contributed by atoms with Crippen molar-refractivity contribution >= 4 is 16.5 Å². The smallest absolute Gasteiger partial charge is 0.185 e. The first-order valence-corrected chi connectivity index (χ1v) is 6.12. The van der Waals surface area contributed by atoms with Crippen LogP contribution in [-0.2, 0) is 11.2 Å². The number of ether oxygens (including phenoxy) is 1. The highest BCUT2D eigenvalue weighted by Crippen LogP contribution is 2.24. The third-order valence-corrected chi connectivity index (χ3v) is 3.51. The molecule has 0 aromatic carbocycles. The molecular formula is C10H16N2O2S. The Kier molecular flexibility index (Phi) is 3.56. The summed E-state index contributed by atoms with van der Waals surface area (Å²) in [6.45, 7) is 4.36. The minimum absolute atomic E-state index is 0.0645. The van der Waals surface area contributed by atoms with Crippen molar-refractivity contribution in [3.63, 3.8) is 0 Å². The number of rotatable bonds is 3. The lowest BCUT2D eigenvalue weighted by molar-refractivity contribution is 0.0727. The standard InChI is InChI=1S/C10H16N2O2S/c1-2-8-7-15-10(11-8)12-3-4-14-6-9(12)5-13/h7,9,13H,2-6H2,1H3. The summed E-state index contributed by atoms with van der Waals surface area (Å²) in [6.07, 6.45) is 0.963. The molecule has 1 aliphatic rings. The first-order chi connectivity index (χ1) is 7.35. The van der Waals surface area contributed by atoms with Crippen LogP contribution in [0.2, 0.25) is 0 Å². The van der Waals surface area contributed by atoms with Crippen LogP contribution in [0.1, 0.15) is 12.6 Å². The highest BCUT2D eigenvalue weighted by molar-refractivity contribution is 7.13. The number of hydrogen-bond donors (Lipinski definition) is 1. The molecule has 15 heavy (non-hydrogen) atoms. The highest BCUT2D eigenvalue weighted by Gasteiger charge is 2.24. The summed E-state index contributed by atoms with van der Waals surface area (Å²) in [4.78, 5) is 6.67. The van der Waals surface area contributed by atoms with E-state index in [9.17, 15) is 5.11 Å². The van der Waals surface area contributed by atoms with Gasteiger partial charge in [-0.05, 0) is 6.42 Å². The van der Waals surface area contributed by atoms with E-state index in [0.29, 0.717) is 6.61 Å². The average Bonchev–Trinajstić information content (AvgIpc) is 2.77. The largest absolute Gasteiger partial charge is 0.394 e. The molecule has 1 aromatic heterocycles. The van der Waals surface area contributed by atoms with Crippen molar-refractivity contribution in [2.75, 3.05) is 31.3 Å². The Morgan fingerprint density at radius 1 is 1.73 bits per heavy atom. The molecular weight excluding hydrogens is 212 g/mol. The molecule has 0 spiro atoms. The van der Waals surface area contributed by atoms with Gasteiger partial charge >= 0.3 is 0 Å². The molecule has 1 N–H and O–H groups in total. The van der Waals surface area contributed by atoms with E-state index in [0.717, 1.165) is 30.4 Å². The Labute approximate surface area is 93.5 Å². The first kappa shape index (κ1) is 10.9. The summed E-state index contributed by atoms with van der Waals surface area (Å²) in [5, 5.41) is 12.3. The van der Waals surface area contributed by atoms with Crippen LogP contribution in [0.15, 0.2) is 5.38 Å². The predicted octanol–water partition coefficient (Wildman–Crippen LogP) is 0.903. The Morgan fingerprint density at radius 2 is 2.60 bits per heavy atom. The van der Waals surface area contributed by atoms with Crippen LogP contribution in [0.25, 0.3) is 0 Å². The topological polar surface area (TPSA) is 45.6 Å². The normalized spacial score (nSPS) is 22.0. The Balaban J connectivity index is 2.12. The zero-order valence-corrected chi connectivity index (χ0v) is 9.66. The van der Waals surface area contributed by atoms with Gasteiger partial charge in [0.1, 0.15) is 0 Å². The average molecular weight is 228 g/mol. The molecule has 0 bridgehead atoms. The number of hydrogen-bond acceptors (Lipinski definition) is 5. The second-order valence-corrected chi connectivity index (χ2v) is 4.42. The number of aliphatic hydroxyl groups is 1. The van der Waals surface area contributed by atoms with Crippen LogP contribution >= 0.6 is 11.3 Å². The molecule has 1 unspecified atom stereocenters. The second-order valence-electron chi connectivity index (χ2n) is 3.58. The molecule has 84 valence electrons. The van der Waals surface area contributed by atoms with Crippen molar-refractivity contribution in [2.45, 2.75) is 19.4 Å². The molecule has 0 radical (unpaired) electrons. The number of thiazole rings is 1. The van der Waals surface area contributed by atoms with E-state index in [1.54, 1.807) is 11.3 Å². The van der Waals surface area contributed by atoms with Gasteiger partial charge in [-0.1, -0.05) is 6.92 Å². The van der Waals surface area contributed by atoms with Gasteiger partial charge in [0.05, 0.1) is 31.6 Å². The fourth-order valence-corrected chi connectivity index (χ4v) is 2.66. The maximum Gasteiger partial charge on any atom is 0.185 e. The first-order valence-electron chi connectivity index (χ1n) is 5.24. The molecule has 1 aromatic rings. The number of anilines is 1. The van der Waals surface area contributed by atoms with E-state index >= 15 is 0 Å². The Bertz CT molecular complexity index is 316. The van der Waals surface area contributed by atoms with Crippen LogP contribution in [0.3, 0.4) is 0 Å². The van der Waals surface area contributed by atoms with Gasteiger partial charge in [0, 0.05) is 11.9 Å². The molecule has 1 atom stereocenters. The van der Waals surface area contributed by atoms with Gasteiger partial charge < -0.3 is 14.7 Å². The lowest BCUT2D eigenvalue weighted by atomic mass is 10.2. The van der Waals surface area contributed by atoms with Crippen LogP contribution in [-0.4, -0.2) is 42.5 Å². The van der Waals surface area contributed by atoms with Gasteiger partial charge in [-0.25, -0.2) is 4.98 Å². The lowest BCUT2D eigenvalue weighted by Gasteiger charge is -2.34. The molecule has 2 heterocycles. The van der Waals surface area contributed by atoms with Crippen molar-refractivity contribution < 1.29 is 9.84 Å². The second kappa shape index (κ2) is 4.92. The summed E-state index contributed by atoms with van der Waals surface area (Å²) in [5.74, 6) is 0. The van der Waals surface area contributed by atoms with E-state index in [2.05, 4.69) is 22.2 Å². The van der Waals surface area contributed by atoms with E-state index in [4.69, 9.17) is 4.74 Å². The van der Waals surface area contributed by atoms with Crippen molar-refractivity contribution in [2.24, 2.45) is 0 Å². The summed E-state index contributed by atoms with van der Waals surface area (Å²) >= 11 is 1.65.